The summed E-state index contributed by atoms with van der Waals surface area (Å²) in [6.07, 6.45) is 10.1. The minimum absolute atomic E-state index is 0.0324. The number of aliphatic hydroxyl groups is 2. The number of hydrogen-bond acceptors (Lipinski definition) is 5. The lowest BCUT2D eigenvalue weighted by Crippen LogP contribution is -2.76. The Morgan fingerprint density at radius 2 is 1.82 bits per heavy atom. The van der Waals surface area contributed by atoms with Crippen LogP contribution in [-0.2, 0) is 11.3 Å². The number of nitrogens with one attached hydrogen (secondary N) is 1. The van der Waals surface area contributed by atoms with Crippen LogP contribution in [0.2, 0.25) is 0 Å². The molecule has 5 aliphatic rings. The highest BCUT2D eigenvalue weighted by molar-refractivity contribution is 6.07. The van der Waals surface area contributed by atoms with Crippen LogP contribution in [0.4, 0.5) is 4.79 Å². The van der Waals surface area contributed by atoms with E-state index in [0.717, 1.165) is 18.7 Å². The van der Waals surface area contributed by atoms with E-state index in [1.165, 1.54) is 12.8 Å². The third kappa shape index (κ3) is 3.54. The zero-order valence-corrected chi connectivity index (χ0v) is 22.8. The summed E-state index contributed by atoms with van der Waals surface area (Å²) in [6, 6.07) is 9.34. The van der Waals surface area contributed by atoms with Crippen LogP contribution in [0.3, 0.4) is 0 Å². The molecule has 2 saturated heterocycles. The highest BCUT2D eigenvalue weighted by Gasteiger charge is 2.73. The first-order valence-corrected chi connectivity index (χ1v) is 14.3. The molecule has 3 amide bonds. The normalized spacial score (nSPS) is 41.3. The number of fused-ring (bicyclic) bond motifs is 1. The average Bonchev–Trinajstić information content (AvgIpc) is 3.68. The molecule has 0 radical (unpaired) electrons. The fraction of sp³-hybridized carbons (Fsp3) is 0.613. The molecule has 3 N–H and O–H groups in total. The maximum absolute atomic E-state index is 13.8. The van der Waals surface area contributed by atoms with Gasteiger partial charge in [-0.2, -0.15) is 0 Å². The molecule has 0 aromatic heterocycles. The first kappa shape index (κ1) is 25.6. The molecular formula is C31H41N3O4. The van der Waals surface area contributed by atoms with Crippen molar-refractivity contribution in [3.05, 3.63) is 59.9 Å². The molecule has 2 unspecified atom stereocenters. The van der Waals surface area contributed by atoms with Crippen LogP contribution in [0, 0.1) is 22.7 Å². The van der Waals surface area contributed by atoms with Crippen molar-refractivity contribution in [1.29, 1.82) is 0 Å². The summed E-state index contributed by atoms with van der Waals surface area (Å²) < 4.78 is 0. The summed E-state index contributed by atoms with van der Waals surface area (Å²) in [6.45, 7) is 8.58. The lowest BCUT2D eigenvalue weighted by atomic mass is 9.41. The van der Waals surface area contributed by atoms with E-state index in [-0.39, 0.29) is 29.7 Å². The second-order valence-electron chi connectivity index (χ2n) is 12.9. The predicted molar refractivity (Wildman–Crippen MR) is 145 cm³/mol. The molecule has 6 atom stereocenters. The molecule has 7 heteroatoms. The number of hydrogen-bond donors (Lipinski definition) is 3. The molecule has 2 aliphatic heterocycles. The maximum Gasteiger partial charge on any atom is 0.325 e. The minimum atomic E-state index is -1.08. The topological polar surface area (TPSA) is 93.1 Å². The van der Waals surface area contributed by atoms with E-state index in [4.69, 9.17) is 0 Å². The Bertz CT molecular complexity index is 1190. The highest BCUT2D eigenvalue weighted by atomic mass is 16.3. The Morgan fingerprint density at radius 3 is 2.53 bits per heavy atom. The van der Waals surface area contributed by atoms with Crippen molar-refractivity contribution in [2.24, 2.45) is 22.7 Å². The summed E-state index contributed by atoms with van der Waals surface area (Å²) in [4.78, 5) is 31.2. The monoisotopic (exact) mass is 519 g/mol. The number of carbonyl (C=O) groups is 2. The zero-order chi connectivity index (χ0) is 26.9. The van der Waals surface area contributed by atoms with Crippen molar-refractivity contribution in [3.63, 3.8) is 0 Å². The number of nitrogens with zero attached hydrogens (tertiary/aromatic N) is 2. The number of piperidine rings is 1. The van der Waals surface area contributed by atoms with Gasteiger partial charge in [-0.25, -0.2) is 4.79 Å². The van der Waals surface area contributed by atoms with E-state index < -0.39 is 22.0 Å². The Morgan fingerprint density at radius 1 is 1.08 bits per heavy atom. The van der Waals surface area contributed by atoms with Gasteiger partial charge in [-0.15, -0.1) is 0 Å². The molecule has 4 fully saturated rings. The van der Waals surface area contributed by atoms with E-state index in [0.29, 0.717) is 38.1 Å². The first-order chi connectivity index (χ1) is 18.0. The van der Waals surface area contributed by atoms with Crippen molar-refractivity contribution in [1.82, 2.24) is 15.1 Å². The summed E-state index contributed by atoms with van der Waals surface area (Å²) in [5.74, 6) is 0.677. The number of imide groups is 1. The number of amides is 3. The van der Waals surface area contributed by atoms with Gasteiger partial charge in [0.05, 0.1) is 5.60 Å². The smallest absolute Gasteiger partial charge is 0.325 e. The van der Waals surface area contributed by atoms with Crippen LogP contribution in [0.1, 0.15) is 64.9 Å². The van der Waals surface area contributed by atoms with Gasteiger partial charge >= 0.3 is 6.03 Å². The SMILES string of the molecule is CC1C=CC(O)=CC1(C)[C@]12CCN(CC3CC3)[C@H](C)[C@]1(O)CC[C@]1(C2)C(=O)NC(=O)N1Cc1ccccc1. The molecule has 1 aromatic carbocycles. The summed E-state index contributed by atoms with van der Waals surface area (Å²) in [5.41, 5.74) is -2.51. The lowest BCUT2D eigenvalue weighted by Gasteiger charge is -2.69. The van der Waals surface area contributed by atoms with Crippen molar-refractivity contribution >= 4 is 11.9 Å². The molecule has 1 spiro atoms. The lowest BCUT2D eigenvalue weighted by molar-refractivity contribution is -0.249. The van der Waals surface area contributed by atoms with Crippen LogP contribution >= 0.6 is 0 Å². The van der Waals surface area contributed by atoms with Crippen LogP contribution in [0.15, 0.2) is 54.3 Å². The van der Waals surface area contributed by atoms with Crippen LogP contribution in [-0.4, -0.2) is 62.2 Å². The molecule has 6 rings (SSSR count). The van der Waals surface area contributed by atoms with Gasteiger partial charge in [-0.1, -0.05) is 50.3 Å². The average molecular weight is 520 g/mol. The number of allylic oxidation sites excluding steroid dienone is 3. The minimum Gasteiger partial charge on any atom is -0.508 e. The van der Waals surface area contributed by atoms with E-state index in [9.17, 15) is 19.8 Å². The van der Waals surface area contributed by atoms with Gasteiger partial charge in [0, 0.05) is 30.0 Å². The van der Waals surface area contributed by atoms with Gasteiger partial charge in [0.25, 0.3) is 5.91 Å². The zero-order valence-electron chi connectivity index (χ0n) is 22.8. The maximum atomic E-state index is 13.8. The number of likely N-dealkylation sites (tertiary alicyclic amines) is 1. The van der Waals surface area contributed by atoms with Crippen LogP contribution in [0.25, 0.3) is 0 Å². The number of aliphatic hydroxyl groups excluding tert-OH is 1. The van der Waals surface area contributed by atoms with Gasteiger partial charge in [0.1, 0.15) is 11.3 Å². The van der Waals surface area contributed by atoms with Crippen molar-refractivity contribution in [2.75, 3.05) is 13.1 Å². The number of benzene rings is 1. The fourth-order valence-corrected chi connectivity index (χ4v) is 8.44. The Hall–Kier alpha value is -2.64. The van der Waals surface area contributed by atoms with Crippen molar-refractivity contribution in [3.8, 4) is 0 Å². The number of urea groups is 1. The molecule has 2 heterocycles. The molecule has 0 bridgehead atoms. The molecule has 204 valence electrons. The van der Waals surface area contributed by atoms with Gasteiger partial charge in [0.15, 0.2) is 0 Å². The van der Waals surface area contributed by atoms with Gasteiger partial charge < -0.3 is 15.1 Å². The third-order valence-electron chi connectivity index (χ3n) is 11.2. The summed E-state index contributed by atoms with van der Waals surface area (Å²) in [5, 5.41) is 26.3. The molecule has 2 saturated carbocycles. The van der Waals surface area contributed by atoms with Gasteiger partial charge in [-0.3, -0.25) is 15.0 Å². The van der Waals surface area contributed by atoms with Crippen molar-refractivity contribution in [2.45, 2.75) is 83.0 Å². The number of rotatable bonds is 5. The quantitative estimate of drug-likeness (QED) is 0.497. The van der Waals surface area contributed by atoms with Crippen LogP contribution < -0.4 is 5.32 Å². The third-order valence-corrected chi connectivity index (χ3v) is 11.2. The van der Waals surface area contributed by atoms with E-state index in [1.807, 2.05) is 42.5 Å². The summed E-state index contributed by atoms with van der Waals surface area (Å²) in [7, 11) is 0. The van der Waals surface area contributed by atoms with E-state index in [1.54, 1.807) is 11.0 Å². The van der Waals surface area contributed by atoms with Crippen LogP contribution in [0.5, 0.6) is 0 Å². The second kappa shape index (κ2) is 8.68. The van der Waals surface area contributed by atoms with E-state index >= 15 is 0 Å². The largest absolute Gasteiger partial charge is 0.508 e. The molecular weight excluding hydrogens is 478 g/mol. The van der Waals surface area contributed by atoms with Gasteiger partial charge in [0.2, 0.25) is 0 Å². The fourth-order valence-electron chi connectivity index (χ4n) is 8.44. The highest BCUT2D eigenvalue weighted by Crippen LogP contribution is 2.67. The first-order valence-electron chi connectivity index (χ1n) is 14.3. The van der Waals surface area contributed by atoms with Gasteiger partial charge in [-0.05, 0) is 81.5 Å². The van der Waals surface area contributed by atoms with E-state index in [2.05, 4.69) is 31.0 Å². The van der Waals surface area contributed by atoms with Crippen molar-refractivity contribution < 1.29 is 19.8 Å². The number of carbonyl (C=O) groups excluding carboxylic acids is 2. The Kier molecular flexibility index (Phi) is 5.86. The Labute approximate surface area is 225 Å². The summed E-state index contributed by atoms with van der Waals surface area (Å²) >= 11 is 0. The Balaban J connectivity index is 1.46. The molecule has 1 aromatic rings. The molecule has 38 heavy (non-hydrogen) atoms. The standard InChI is InChI=1S/C31H41N3O4/c1-21-9-12-25(35)17-28(21,3)30-15-16-33(18-24-10-11-24)22(2)31(30,38)14-13-29(20-30)26(36)32-27(37)34(29)19-23-7-5-4-6-8-23/h4-9,12,17,21-22,24,35,38H,10-11,13-16,18-20H2,1-3H3,(H,32,36,37)/t21?,22-,28?,29+,30-,31-/m1/s1. The second-order valence-corrected chi connectivity index (χ2v) is 12.9. The molecule has 3 aliphatic carbocycles. The predicted octanol–water partition coefficient (Wildman–Crippen LogP) is 4.54. The molecule has 7 nitrogen and oxygen atoms in total.